The number of hydrogen-bond donors (Lipinski definition) is 0. The van der Waals surface area contributed by atoms with Gasteiger partial charge in [0, 0.05) is 32.7 Å². The molecule has 1 aliphatic rings. The number of sulfonamides is 1. The lowest BCUT2D eigenvalue weighted by Gasteiger charge is -2.36. The van der Waals surface area contributed by atoms with E-state index in [4.69, 9.17) is 14.7 Å². The van der Waals surface area contributed by atoms with E-state index in [1.807, 2.05) is 41.3 Å². The van der Waals surface area contributed by atoms with Gasteiger partial charge in [0.2, 0.25) is 10.0 Å². The Balaban J connectivity index is 1.46. The topological polar surface area (TPSA) is 82.9 Å². The van der Waals surface area contributed by atoms with Crippen molar-refractivity contribution in [2.75, 3.05) is 39.8 Å². The van der Waals surface area contributed by atoms with Gasteiger partial charge >= 0.3 is 6.18 Å². The van der Waals surface area contributed by atoms with Crippen LogP contribution in [0.15, 0.2) is 77.7 Å². The van der Waals surface area contributed by atoms with E-state index in [2.05, 4.69) is 6.07 Å². The molecule has 3 aromatic rings. The molecule has 0 aliphatic carbocycles. The van der Waals surface area contributed by atoms with E-state index in [0.29, 0.717) is 30.9 Å². The van der Waals surface area contributed by atoms with Crippen LogP contribution in [0.1, 0.15) is 28.4 Å². The summed E-state index contributed by atoms with van der Waals surface area (Å²) in [4.78, 5) is 1.30. The SMILES string of the molecule is COc1cccc([C@H](CN2CCN(S(=O)(=O)c3ccccc3C(F)(F)F)CC2)OCc2ccc(C#N)cc2)c1. The van der Waals surface area contributed by atoms with Crippen molar-refractivity contribution in [2.24, 2.45) is 0 Å². The molecule has 0 N–H and O–H groups in total. The van der Waals surface area contributed by atoms with Gasteiger partial charge in [-0.15, -0.1) is 0 Å². The molecule has 11 heteroatoms. The van der Waals surface area contributed by atoms with Gasteiger partial charge < -0.3 is 9.47 Å². The number of methoxy groups -OCH3 is 1. The third kappa shape index (κ3) is 6.96. The van der Waals surface area contributed by atoms with Crippen LogP contribution < -0.4 is 4.74 Å². The fourth-order valence-electron chi connectivity index (χ4n) is 4.42. The number of piperazine rings is 1. The number of halogens is 3. The van der Waals surface area contributed by atoms with Crippen LogP contribution in [0, 0.1) is 11.3 Å². The Hall–Kier alpha value is -3.43. The molecule has 0 spiro atoms. The first-order chi connectivity index (χ1) is 18.6. The number of ether oxygens (including phenoxy) is 2. The molecule has 0 amide bonds. The van der Waals surface area contributed by atoms with Gasteiger partial charge in [-0.05, 0) is 47.5 Å². The normalized spacial score (nSPS) is 16.0. The van der Waals surface area contributed by atoms with E-state index < -0.39 is 26.7 Å². The van der Waals surface area contributed by atoms with Crippen molar-refractivity contribution in [3.8, 4) is 11.8 Å². The quantitative estimate of drug-likeness (QED) is 0.373. The summed E-state index contributed by atoms with van der Waals surface area (Å²) in [6.07, 6.45) is -5.16. The summed E-state index contributed by atoms with van der Waals surface area (Å²) in [6.45, 7) is 1.48. The molecule has 1 aliphatic heterocycles. The van der Waals surface area contributed by atoms with Gasteiger partial charge in [0.1, 0.15) is 5.75 Å². The highest BCUT2D eigenvalue weighted by atomic mass is 32.2. The number of rotatable bonds is 9. The second kappa shape index (κ2) is 12.2. The standard InChI is InChI=1S/C28H28F3N3O4S/c1-37-24-6-4-5-23(17-24)26(38-20-22-11-9-21(18-32)10-12-22)19-33-13-15-34(16-14-33)39(35,36)27-8-3-2-7-25(27)28(29,30)31/h2-12,17,26H,13-16,19-20H2,1H3/t26-/m0/s1. The van der Waals surface area contributed by atoms with Crippen LogP contribution >= 0.6 is 0 Å². The summed E-state index contributed by atoms with van der Waals surface area (Å²) in [6, 6.07) is 20.9. The summed E-state index contributed by atoms with van der Waals surface area (Å²) in [7, 11) is -2.75. The molecule has 0 bridgehead atoms. The predicted octanol–water partition coefficient (Wildman–Crippen LogP) is 4.85. The van der Waals surface area contributed by atoms with E-state index >= 15 is 0 Å². The molecule has 0 radical (unpaired) electrons. The highest BCUT2D eigenvalue weighted by molar-refractivity contribution is 7.89. The van der Waals surface area contributed by atoms with Gasteiger partial charge in [0.15, 0.2) is 0 Å². The molecule has 4 rings (SSSR count). The number of benzene rings is 3. The largest absolute Gasteiger partial charge is 0.497 e. The summed E-state index contributed by atoms with van der Waals surface area (Å²) < 4.78 is 79.4. The van der Waals surface area contributed by atoms with Crippen LogP contribution in [0.4, 0.5) is 13.2 Å². The highest BCUT2D eigenvalue weighted by Crippen LogP contribution is 2.35. The lowest BCUT2D eigenvalue weighted by Crippen LogP contribution is -2.49. The second-order valence-electron chi connectivity index (χ2n) is 9.08. The Morgan fingerprint density at radius 3 is 2.31 bits per heavy atom. The van der Waals surface area contributed by atoms with Crippen LogP contribution in [-0.2, 0) is 27.5 Å². The molecule has 1 heterocycles. The van der Waals surface area contributed by atoms with Gasteiger partial charge in [-0.3, -0.25) is 4.90 Å². The number of hydrogen-bond acceptors (Lipinski definition) is 6. The van der Waals surface area contributed by atoms with E-state index in [-0.39, 0.29) is 25.8 Å². The molecule has 1 saturated heterocycles. The van der Waals surface area contributed by atoms with Crippen LogP contribution in [-0.4, -0.2) is 57.5 Å². The average Bonchev–Trinajstić information content (AvgIpc) is 2.95. The molecule has 206 valence electrons. The molecule has 39 heavy (non-hydrogen) atoms. The van der Waals surface area contributed by atoms with E-state index in [1.54, 1.807) is 19.2 Å². The Kier molecular flexibility index (Phi) is 8.92. The lowest BCUT2D eigenvalue weighted by molar-refractivity contribution is -0.139. The maximum atomic E-state index is 13.5. The lowest BCUT2D eigenvalue weighted by atomic mass is 10.1. The van der Waals surface area contributed by atoms with Gasteiger partial charge in [-0.1, -0.05) is 36.4 Å². The highest BCUT2D eigenvalue weighted by Gasteiger charge is 2.39. The van der Waals surface area contributed by atoms with Crippen LogP contribution in [0.3, 0.4) is 0 Å². The van der Waals surface area contributed by atoms with E-state index in [1.165, 1.54) is 12.1 Å². The Labute approximate surface area is 226 Å². The van der Waals surface area contributed by atoms with Crippen LogP contribution in [0.25, 0.3) is 0 Å². The molecular weight excluding hydrogens is 531 g/mol. The van der Waals surface area contributed by atoms with Gasteiger partial charge in [-0.2, -0.15) is 22.7 Å². The average molecular weight is 560 g/mol. The second-order valence-corrected chi connectivity index (χ2v) is 11.0. The first-order valence-corrected chi connectivity index (χ1v) is 13.7. The third-order valence-corrected chi connectivity index (χ3v) is 8.52. The summed E-state index contributed by atoms with van der Waals surface area (Å²) >= 11 is 0. The van der Waals surface area contributed by atoms with Crippen molar-refractivity contribution in [2.45, 2.75) is 23.8 Å². The molecule has 1 fully saturated rings. The minimum Gasteiger partial charge on any atom is -0.497 e. The Morgan fingerprint density at radius 1 is 0.974 bits per heavy atom. The predicted molar refractivity (Wildman–Crippen MR) is 138 cm³/mol. The zero-order valence-corrected chi connectivity index (χ0v) is 22.1. The van der Waals surface area contributed by atoms with Gasteiger partial charge in [0.05, 0.1) is 41.9 Å². The van der Waals surface area contributed by atoms with Crippen LogP contribution in [0.2, 0.25) is 0 Å². The monoisotopic (exact) mass is 559 g/mol. The number of nitrogens with zero attached hydrogens (tertiary/aromatic N) is 3. The molecule has 0 saturated carbocycles. The smallest absolute Gasteiger partial charge is 0.417 e. The summed E-state index contributed by atoms with van der Waals surface area (Å²) in [5.74, 6) is 0.665. The van der Waals surface area contributed by atoms with Crippen molar-refractivity contribution < 1.29 is 31.1 Å². The first-order valence-electron chi connectivity index (χ1n) is 12.2. The fraction of sp³-hybridized carbons (Fsp3) is 0.321. The maximum absolute atomic E-state index is 13.5. The molecule has 0 aromatic heterocycles. The third-order valence-electron chi connectivity index (χ3n) is 6.57. The van der Waals surface area contributed by atoms with Gasteiger partial charge in [-0.25, -0.2) is 8.42 Å². The summed E-state index contributed by atoms with van der Waals surface area (Å²) in [5, 5.41) is 9.02. The zero-order chi connectivity index (χ0) is 28.0. The van der Waals surface area contributed by atoms with Crippen molar-refractivity contribution >= 4 is 10.0 Å². The number of nitriles is 1. The van der Waals surface area contributed by atoms with E-state index in [9.17, 15) is 21.6 Å². The van der Waals surface area contributed by atoms with Crippen molar-refractivity contribution in [3.63, 3.8) is 0 Å². The molecule has 1 atom stereocenters. The first kappa shape index (κ1) is 28.6. The summed E-state index contributed by atoms with van der Waals surface area (Å²) in [5.41, 5.74) is 1.15. The molecule has 0 unspecified atom stereocenters. The molecule has 3 aromatic carbocycles. The van der Waals surface area contributed by atoms with Crippen molar-refractivity contribution in [1.29, 1.82) is 5.26 Å². The van der Waals surface area contributed by atoms with Crippen molar-refractivity contribution in [1.82, 2.24) is 9.21 Å². The maximum Gasteiger partial charge on any atom is 0.417 e. The Bertz CT molecular complexity index is 1410. The molecular formula is C28H28F3N3O4S. The molecule has 7 nitrogen and oxygen atoms in total. The van der Waals surface area contributed by atoms with Crippen molar-refractivity contribution in [3.05, 3.63) is 95.1 Å². The fourth-order valence-corrected chi connectivity index (χ4v) is 6.05. The van der Waals surface area contributed by atoms with E-state index in [0.717, 1.165) is 27.6 Å². The zero-order valence-electron chi connectivity index (χ0n) is 21.3. The van der Waals surface area contributed by atoms with Crippen LogP contribution in [0.5, 0.6) is 5.75 Å². The van der Waals surface area contributed by atoms with Gasteiger partial charge in [0.25, 0.3) is 0 Å². The minimum atomic E-state index is -4.78. The minimum absolute atomic E-state index is 0.0506. The Morgan fingerprint density at radius 2 is 1.67 bits per heavy atom. The number of alkyl halides is 3.